The molecule has 0 radical (unpaired) electrons. The average Bonchev–Trinajstić information content (AvgIpc) is 2.94. The Labute approximate surface area is 220 Å². The summed E-state index contributed by atoms with van der Waals surface area (Å²) >= 11 is 0. The molecule has 5 atom stereocenters. The van der Waals surface area contributed by atoms with Gasteiger partial charge in [-0.25, -0.2) is 0 Å². The molecule has 5 nitrogen and oxygen atoms in total. The highest BCUT2D eigenvalue weighted by molar-refractivity contribution is 5.59. The first-order chi connectivity index (χ1) is 18.0. The fourth-order valence-electron chi connectivity index (χ4n) is 4.57. The Morgan fingerprint density at radius 1 is 0.946 bits per heavy atom. The lowest BCUT2D eigenvalue weighted by atomic mass is 9.86. The molecule has 37 heavy (non-hydrogen) atoms. The van der Waals surface area contributed by atoms with Crippen LogP contribution in [-0.4, -0.2) is 37.1 Å². The first-order valence-corrected chi connectivity index (χ1v) is 13.0. The van der Waals surface area contributed by atoms with Crippen molar-refractivity contribution in [3.8, 4) is 11.5 Å². The predicted octanol–water partition coefficient (Wildman–Crippen LogP) is 6.29. The number of ether oxygens (including phenoxy) is 4. The number of aliphatic hydroxyl groups excluding tert-OH is 1. The smallest absolute Gasteiger partial charge is 0.130 e. The van der Waals surface area contributed by atoms with Crippen molar-refractivity contribution < 1.29 is 24.1 Å². The molecule has 1 fully saturated rings. The molecule has 1 N–H and O–H groups in total. The maximum atomic E-state index is 10.5. The lowest BCUT2D eigenvalue weighted by Gasteiger charge is -2.38. The van der Waals surface area contributed by atoms with Crippen LogP contribution in [0, 0.1) is 11.8 Å². The van der Waals surface area contributed by atoms with E-state index < -0.39 is 6.10 Å². The number of hydrogen-bond acceptors (Lipinski definition) is 5. The molecule has 0 saturated carbocycles. The van der Waals surface area contributed by atoms with Crippen LogP contribution >= 0.6 is 0 Å². The highest BCUT2D eigenvalue weighted by Gasteiger charge is 2.36. The number of allylic oxidation sites excluding steroid dienone is 1. The summed E-state index contributed by atoms with van der Waals surface area (Å²) in [7, 11) is 1.62. The topological polar surface area (TPSA) is 57.2 Å². The van der Waals surface area contributed by atoms with Gasteiger partial charge in [-0.1, -0.05) is 86.7 Å². The van der Waals surface area contributed by atoms with Gasteiger partial charge in [0.15, 0.2) is 0 Å². The van der Waals surface area contributed by atoms with Gasteiger partial charge in [0.2, 0.25) is 0 Å². The Morgan fingerprint density at radius 3 is 2.24 bits per heavy atom. The molecule has 0 spiro atoms. The van der Waals surface area contributed by atoms with E-state index in [0.717, 1.165) is 34.6 Å². The van der Waals surface area contributed by atoms with Crippen LogP contribution < -0.4 is 9.47 Å². The standard InChI is InChI=1S/C32H38O5/c1-23(18-29-24(2)32(33)31(34-3)22-37-29)14-15-27-16-17-28(35-20-25-10-6-4-7-11-25)19-30(27)36-21-26-12-8-5-9-13-26/h4-17,19,23-24,29,31-33H,18,20-22H2,1-3H3. The number of methoxy groups -OCH3 is 1. The maximum absolute atomic E-state index is 10.5. The fraction of sp³-hybridized carbons (Fsp3) is 0.375. The molecule has 4 rings (SSSR count). The van der Waals surface area contributed by atoms with Crippen LogP contribution in [0.4, 0.5) is 0 Å². The molecule has 196 valence electrons. The molecule has 1 heterocycles. The molecule has 1 aliphatic heterocycles. The minimum atomic E-state index is -0.513. The molecule has 0 aromatic heterocycles. The molecule has 0 aliphatic carbocycles. The maximum Gasteiger partial charge on any atom is 0.130 e. The second-order valence-electron chi connectivity index (χ2n) is 9.82. The van der Waals surface area contributed by atoms with E-state index in [-0.39, 0.29) is 24.0 Å². The van der Waals surface area contributed by atoms with E-state index in [2.05, 4.69) is 43.3 Å². The molecule has 1 saturated heterocycles. The van der Waals surface area contributed by atoms with E-state index in [9.17, 15) is 5.11 Å². The summed E-state index contributed by atoms with van der Waals surface area (Å²) in [6.45, 7) is 5.60. The van der Waals surface area contributed by atoms with Gasteiger partial charge < -0.3 is 24.1 Å². The second kappa shape index (κ2) is 13.4. The van der Waals surface area contributed by atoms with Gasteiger partial charge in [0.25, 0.3) is 0 Å². The Morgan fingerprint density at radius 2 is 1.59 bits per heavy atom. The summed E-state index contributed by atoms with van der Waals surface area (Å²) in [4.78, 5) is 0. The summed E-state index contributed by atoms with van der Waals surface area (Å²) in [6.07, 6.45) is 4.33. The Balaban J connectivity index is 1.44. The van der Waals surface area contributed by atoms with Crippen LogP contribution in [-0.2, 0) is 22.7 Å². The van der Waals surface area contributed by atoms with Crippen LogP contribution in [0.3, 0.4) is 0 Å². The molecule has 0 amide bonds. The van der Waals surface area contributed by atoms with Crippen LogP contribution in [0.2, 0.25) is 0 Å². The van der Waals surface area contributed by atoms with E-state index in [1.807, 2.05) is 61.5 Å². The first kappa shape index (κ1) is 26.9. The van der Waals surface area contributed by atoms with E-state index in [1.54, 1.807) is 7.11 Å². The van der Waals surface area contributed by atoms with Crippen LogP contribution in [0.1, 0.15) is 37.0 Å². The normalized spacial score (nSPS) is 22.6. The van der Waals surface area contributed by atoms with Crippen molar-refractivity contribution in [2.45, 2.75) is 51.8 Å². The summed E-state index contributed by atoms with van der Waals surface area (Å²) in [5, 5.41) is 10.5. The SMILES string of the molecule is COC1COC(CC(C)C=Cc2ccc(OCc3ccccc3)cc2OCc2ccccc2)C(C)C1O. The first-order valence-electron chi connectivity index (χ1n) is 13.0. The van der Waals surface area contributed by atoms with E-state index in [0.29, 0.717) is 19.8 Å². The highest BCUT2D eigenvalue weighted by atomic mass is 16.5. The van der Waals surface area contributed by atoms with Crippen molar-refractivity contribution >= 4 is 6.08 Å². The minimum absolute atomic E-state index is 0.0105. The highest BCUT2D eigenvalue weighted by Crippen LogP contribution is 2.30. The molecule has 5 heteroatoms. The van der Waals surface area contributed by atoms with Gasteiger partial charge in [0, 0.05) is 24.7 Å². The quantitative estimate of drug-likeness (QED) is 0.334. The lowest BCUT2D eigenvalue weighted by molar-refractivity contribution is -0.166. The summed E-state index contributed by atoms with van der Waals surface area (Å²) in [5.74, 6) is 1.82. The molecular weight excluding hydrogens is 464 g/mol. The van der Waals surface area contributed by atoms with E-state index in [4.69, 9.17) is 18.9 Å². The van der Waals surface area contributed by atoms with Crippen molar-refractivity contribution in [2.24, 2.45) is 11.8 Å². The Bertz CT molecular complexity index is 1110. The molecular formula is C32H38O5. The minimum Gasteiger partial charge on any atom is -0.489 e. The Kier molecular flexibility index (Phi) is 9.78. The van der Waals surface area contributed by atoms with Crippen LogP contribution in [0.15, 0.2) is 84.9 Å². The molecule has 1 aliphatic rings. The van der Waals surface area contributed by atoms with Gasteiger partial charge in [-0.15, -0.1) is 0 Å². The van der Waals surface area contributed by atoms with Crippen molar-refractivity contribution in [2.75, 3.05) is 13.7 Å². The Hall–Kier alpha value is -3.12. The van der Waals surface area contributed by atoms with Gasteiger partial charge >= 0.3 is 0 Å². The van der Waals surface area contributed by atoms with Gasteiger partial charge in [-0.3, -0.25) is 0 Å². The molecule has 5 unspecified atom stereocenters. The van der Waals surface area contributed by atoms with Crippen molar-refractivity contribution in [3.05, 3.63) is 102 Å². The van der Waals surface area contributed by atoms with Gasteiger partial charge in [0.1, 0.15) is 30.8 Å². The van der Waals surface area contributed by atoms with Crippen LogP contribution in [0.5, 0.6) is 11.5 Å². The molecule has 3 aromatic carbocycles. The third kappa shape index (κ3) is 7.68. The predicted molar refractivity (Wildman–Crippen MR) is 147 cm³/mol. The fourth-order valence-corrected chi connectivity index (χ4v) is 4.57. The third-order valence-electron chi connectivity index (χ3n) is 6.96. The summed E-state index contributed by atoms with van der Waals surface area (Å²) < 4.78 is 23.7. The lowest BCUT2D eigenvalue weighted by Crippen LogP contribution is -2.49. The average molecular weight is 503 g/mol. The van der Waals surface area contributed by atoms with Gasteiger partial charge in [0.05, 0.1) is 18.8 Å². The van der Waals surface area contributed by atoms with Crippen molar-refractivity contribution in [1.82, 2.24) is 0 Å². The van der Waals surface area contributed by atoms with Crippen molar-refractivity contribution in [3.63, 3.8) is 0 Å². The summed E-state index contributed by atoms with van der Waals surface area (Å²) in [6, 6.07) is 26.3. The van der Waals surface area contributed by atoms with Gasteiger partial charge in [-0.05, 0) is 35.6 Å². The summed E-state index contributed by atoms with van der Waals surface area (Å²) in [5.41, 5.74) is 3.22. The van der Waals surface area contributed by atoms with Crippen molar-refractivity contribution in [1.29, 1.82) is 0 Å². The zero-order valence-corrected chi connectivity index (χ0v) is 22.0. The zero-order chi connectivity index (χ0) is 26.0. The largest absolute Gasteiger partial charge is 0.489 e. The number of rotatable bonds is 11. The van der Waals surface area contributed by atoms with E-state index >= 15 is 0 Å². The number of benzene rings is 3. The zero-order valence-electron chi connectivity index (χ0n) is 22.0. The molecule has 0 bridgehead atoms. The second-order valence-corrected chi connectivity index (χ2v) is 9.82. The third-order valence-corrected chi connectivity index (χ3v) is 6.96. The number of hydrogen-bond donors (Lipinski definition) is 1. The van der Waals surface area contributed by atoms with Gasteiger partial charge in [-0.2, -0.15) is 0 Å². The van der Waals surface area contributed by atoms with E-state index in [1.165, 1.54) is 0 Å². The van der Waals surface area contributed by atoms with Crippen LogP contribution in [0.25, 0.3) is 6.08 Å². The number of aliphatic hydroxyl groups is 1. The monoisotopic (exact) mass is 502 g/mol. The molecule has 3 aromatic rings.